The van der Waals surface area contributed by atoms with Crippen molar-refractivity contribution in [3.05, 3.63) is 59.9 Å². The molecule has 1 fully saturated rings. The molecule has 1 N–H and O–H groups in total. The third-order valence-corrected chi connectivity index (χ3v) is 5.84. The minimum Gasteiger partial charge on any atom is -0.493 e. The number of fused-ring (bicyclic) bond motifs is 1. The smallest absolute Gasteiger partial charge is 0.287 e. The molecular weight excluding hydrogens is 364 g/mol. The Morgan fingerprint density at radius 3 is 2.59 bits per heavy atom. The van der Waals surface area contributed by atoms with Gasteiger partial charge in [0.15, 0.2) is 17.1 Å². The van der Waals surface area contributed by atoms with E-state index in [1.54, 1.807) is 13.2 Å². The van der Waals surface area contributed by atoms with Gasteiger partial charge in [0.2, 0.25) is 0 Å². The van der Waals surface area contributed by atoms with Crippen molar-refractivity contribution < 1.29 is 13.9 Å². The van der Waals surface area contributed by atoms with Gasteiger partial charge in [-0.15, -0.1) is 0 Å². The monoisotopic (exact) mass is 392 g/mol. The molecule has 0 unspecified atom stereocenters. The largest absolute Gasteiger partial charge is 0.493 e. The molecule has 3 aromatic rings. The number of furan rings is 1. The standard InChI is InChI=1S/C24H28N2O3/c1-16-11-13-26(14-12-16)20-9-7-18(8-10-20)17(2)25-24(27)22-15-19-5-4-6-21(28-3)23(19)29-22/h4-10,15-17H,11-14H2,1-3H3,(H,25,27)/t17-/m1/s1. The highest BCUT2D eigenvalue weighted by Gasteiger charge is 2.19. The van der Waals surface area contributed by atoms with Crippen LogP contribution in [0, 0.1) is 5.92 Å². The molecule has 1 saturated heterocycles. The predicted molar refractivity (Wildman–Crippen MR) is 116 cm³/mol. The molecule has 0 radical (unpaired) electrons. The van der Waals surface area contributed by atoms with Crippen molar-refractivity contribution in [1.82, 2.24) is 5.32 Å². The van der Waals surface area contributed by atoms with Gasteiger partial charge in [-0.25, -0.2) is 0 Å². The number of carbonyl (C=O) groups excluding carboxylic acids is 1. The van der Waals surface area contributed by atoms with Crippen LogP contribution in [0.5, 0.6) is 5.75 Å². The van der Waals surface area contributed by atoms with Gasteiger partial charge in [-0.2, -0.15) is 0 Å². The van der Waals surface area contributed by atoms with Crippen LogP contribution in [0.3, 0.4) is 0 Å². The van der Waals surface area contributed by atoms with E-state index < -0.39 is 0 Å². The summed E-state index contributed by atoms with van der Waals surface area (Å²) in [5.74, 6) is 1.50. The number of ether oxygens (including phenoxy) is 1. The van der Waals surface area contributed by atoms with E-state index in [0.29, 0.717) is 11.3 Å². The number of benzene rings is 2. The zero-order valence-corrected chi connectivity index (χ0v) is 17.3. The number of rotatable bonds is 5. The first-order chi connectivity index (χ1) is 14.0. The van der Waals surface area contributed by atoms with Gasteiger partial charge >= 0.3 is 0 Å². The molecule has 4 rings (SSSR count). The summed E-state index contributed by atoms with van der Waals surface area (Å²) in [7, 11) is 1.59. The Hall–Kier alpha value is -2.95. The minimum atomic E-state index is -0.232. The normalized spacial score (nSPS) is 16.0. The zero-order chi connectivity index (χ0) is 20.4. The molecule has 29 heavy (non-hydrogen) atoms. The second-order valence-corrected chi connectivity index (χ2v) is 7.95. The average Bonchev–Trinajstić information content (AvgIpc) is 3.19. The first kappa shape index (κ1) is 19.4. The second-order valence-electron chi connectivity index (χ2n) is 7.95. The van der Waals surface area contributed by atoms with Crippen LogP contribution < -0.4 is 15.0 Å². The van der Waals surface area contributed by atoms with E-state index in [2.05, 4.69) is 41.4 Å². The maximum atomic E-state index is 12.7. The molecule has 5 heteroatoms. The fourth-order valence-corrected chi connectivity index (χ4v) is 3.90. The maximum Gasteiger partial charge on any atom is 0.287 e. The van der Waals surface area contributed by atoms with E-state index >= 15 is 0 Å². The first-order valence-corrected chi connectivity index (χ1v) is 10.3. The lowest BCUT2D eigenvalue weighted by molar-refractivity contribution is 0.0914. The minimum absolute atomic E-state index is 0.118. The lowest BCUT2D eigenvalue weighted by Crippen LogP contribution is -2.32. The number of anilines is 1. The molecule has 0 spiro atoms. The average molecular weight is 392 g/mol. The zero-order valence-electron chi connectivity index (χ0n) is 17.3. The van der Waals surface area contributed by atoms with Crippen molar-refractivity contribution in [2.45, 2.75) is 32.7 Å². The van der Waals surface area contributed by atoms with Gasteiger partial charge < -0.3 is 19.4 Å². The Balaban J connectivity index is 1.43. The third kappa shape index (κ3) is 4.09. The Morgan fingerprint density at radius 2 is 1.90 bits per heavy atom. The Kier molecular flexibility index (Phi) is 5.47. The van der Waals surface area contributed by atoms with Crippen molar-refractivity contribution in [3.8, 4) is 5.75 Å². The number of para-hydroxylation sites is 1. The van der Waals surface area contributed by atoms with Gasteiger partial charge in [0, 0.05) is 24.2 Å². The van der Waals surface area contributed by atoms with Crippen LogP contribution in [0.1, 0.15) is 48.8 Å². The van der Waals surface area contributed by atoms with Gasteiger partial charge in [0.05, 0.1) is 13.2 Å². The van der Waals surface area contributed by atoms with Gasteiger partial charge in [-0.05, 0) is 55.5 Å². The molecule has 1 atom stereocenters. The summed E-state index contributed by atoms with van der Waals surface area (Å²) in [6.45, 7) is 6.53. The fourth-order valence-electron chi connectivity index (χ4n) is 3.90. The maximum absolute atomic E-state index is 12.7. The van der Waals surface area contributed by atoms with Crippen molar-refractivity contribution >= 4 is 22.6 Å². The number of amides is 1. The number of hydrogen-bond acceptors (Lipinski definition) is 4. The molecule has 2 heterocycles. The molecule has 1 aliphatic heterocycles. The highest BCUT2D eigenvalue weighted by atomic mass is 16.5. The second kappa shape index (κ2) is 8.19. The van der Waals surface area contributed by atoms with Gasteiger partial charge in [-0.3, -0.25) is 4.79 Å². The fraction of sp³-hybridized carbons (Fsp3) is 0.375. The highest BCUT2D eigenvalue weighted by molar-refractivity contribution is 5.97. The topological polar surface area (TPSA) is 54.7 Å². The Labute approximate surface area is 171 Å². The summed E-state index contributed by atoms with van der Waals surface area (Å²) >= 11 is 0. The Bertz CT molecular complexity index is 985. The number of carbonyl (C=O) groups is 1. The molecule has 2 aromatic carbocycles. The van der Waals surface area contributed by atoms with E-state index in [4.69, 9.17) is 9.15 Å². The van der Waals surface area contributed by atoms with Gasteiger partial charge in [0.1, 0.15) is 0 Å². The molecular formula is C24H28N2O3. The van der Waals surface area contributed by atoms with Crippen molar-refractivity contribution in [3.63, 3.8) is 0 Å². The number of hydrogen-bond donors (Lipinski definition) is 1. The van der Waals surface area contributed by atoms with Crippen molar-refractivity contribution in [2.24, 2.45) is 5.92 Å². The lowest BCUT2D eigenvalue weighted by atomic mass is 9.98. The molecule has 0 aliphatic carbocycles. The third-order valence-electron chi connectivity index (χ3n) is 5.84. The van der Waals surface area contributed by atoms with Crippen LogP contribution in [-0.4, -0.2) is 26.1 Å². The van der Waals surface area contributed by atoms with Crippen molar-refractivity contribution in [2.75, 3.05) is 25.1 Å². The van der Waals surface area contributed by atoms with Crippen LogP contribution in [-0.2, 0) is 0 Å². The van der Waals surface area contributed by atoms with Crippen molar-refractivity contribution in [1.29, 1.82) is 0 Å². The van der Waals surface area contributed by atoms with Crippen LogP contribution >= 0.6 is 0 Å². The molecule has 1 aromatic heterocycles. The Morgan fingerprint density at radius 1 is 1.17 bits per heavy atom. The van der Waals surface area contributed by atoms with E-state index in [1.807, 2.05) is 25.1 Å². The number of methoxy groups -OCH3 is 1. The first-order valence-electron chi connectivity index (χ1n) is 10.3. The molecule has 1 amide bonds. The lowest BCUT2D eigenvalue weighted by Gasteiger charge is -2.32. The van der Waals surface area contributed by atoms with E-state index in [-0.39, 0.29) is 17.7 Å². The summed E-state index contributed by atoms with van der Waals surface area (Å²) in [6.07, 6.45) is 2.49. The summed E-state index contributed by atoms with van der Waals surface area (Å²) in [5.41, 5.74) is 2.91. The summed E-state index contributed by atoms with van der Waals surface area (Å²) in [5, 5.41) is 3.88. The SMILES string of the molecule is COc1cccc2cc(C(=O)N[C@H](C)c3ccc(N4CCC(C)CC4)cc3)oc12. The number of piperidine rings is 1. The number of nitrogens with one attached hydrogen (secondary N) is 1. The molecule has 0 saturated carbocycles. The van der Waals surface area contributed by atoms with Crippen LogP contribution in [0.4, 0.5) is 5.69 Å². The molecule has 0 bridgehead atoms. The van der Waals surface area contributed by atoms with Crippen LogP contribution in [0.2, 0.25) is 0 Å². The van der Waals surface area contributed by atoms with Gasteiger partial charge in [-0.1, -0.05) is 31.2 Å². The summed E-state index contributed by atoms with van der Waals surface area (Å²) in [4.78, 5) is 15.1. The summed E-state index contributed by atoms with van der Waals surface area (Å²) < 4.78 is 11.1. The molecule has 1 aliphatic rings. The summed E-state index contributed by atoms with van der Waals surface area (Å²) in [6, 6.07) is 15.7. The number of nitrogens with zero attached hydrogens (tertiary/aromatic N) is 1. The van der Waals surface area contributed by atoms with E-state index in [1.165, 1.54) is 18.5 Å². The van der Waals surface area contributed by atoms with E-state index in [9.17, 15) is 4.79 Å². The quantitative estimate of drug-likeness (QED) is 0.651. The van der Waals surface area contributed by atoms with Gasteiger partial charge in [0.25, 0.3) is 5.91 Å². The molecule has 5 nitrogen and oxygen atoms in total. The predicted octanol–water partition coefficient (Wildman–Crippen LogP) is 5.17. The van der Waals surface area contributed by atoms with E-state index in [0.717, 1.165) is 30.0 Å². The van der Waals surface area contributed by atoms with Crippen LogP contribution in [0.25, 0.3) is 11.0 Å². The van der Waals surface area contributed by atoms with Crippen LogP contribution in [0.15, 0.2) is 52.9 Å². The molecule has 152 valence electrons. The highest BCUT2D eigenvalue weighted by Crippen LogP contribution is 2.29.